The molecule has 0 aliphatic carbocycles. The van der Waals surface area contributed by atoms with Gasteiger partial charge in [0.2, 0.25) is 0 Å². The maximum Gasteiger partial charge on any atom is 0.263 e. The summed E-state index contributed by atoms with van der Waals surface area (Å²) in [5, 5.41) is 7.04. The molecule has 7 heteroatoms. The van der Waals surface area contributed by atoms with Crippen LogP contribution in [0.1, 0.15) is 60.7 Å². The van der Waals surface area contributed by atoms with E-state index in [2.05, 4.69) is 22.3 Å². The Labute approximate surface area is 141 Å². The SMILES string of the molecule is CCCn1ncnc1[C@H](C)NC(=O)c1c(C)cc(C)n(CC)c1=O. The molecule has 0 spiro atoms. The summed E-state index contributed by atoms with van der Waals surface area (Å²) < 4.78 is 3.38. The molecule has 0 fully saturated rings. The topological polar surface area (TPSA) is 81.8 Å². The van der Waals surface area contributed by atoms with Crippen LogP contribution >= 0.6 is 0 Å². The van der Waals surface area contributed by atoms with E-state index in [0.29, 0.717) is 17.9 Å². The predicted molar refractivity (Wildman–Crippen MR) is 92.0 cm³/mol. The second-order valence-electron chi connectivity index (χ2n) is 5.93. The van der Waals surface area contributed by atoms with Gasteiger partial charge in [-0.1, -0.05) is 6.92 Å². The lowest BCUT2D eigenvalue weighted by Gasteiger charge is -2.16. The largest absolute Gasteiger partial charge is 0.342 e. The van der Waals surface area contributed by atoms with Gasteiger partial charge in [0.25, 0.3) is 11.5 Å². The number of carbonyl (C=O) groups excluding carboxylic acids is 1. The van der Waals surface area contributed by atoms with Crippen LogP contribution in [-0.4, -0.2) is 25.2 Å². The highest BCUT2D eigenvalue weighted by atomic mass is 16.2. The van der Waals surface area contributed by atoms with Gasteiger partial charge in [0.15, 0.2) is 0 Å². The Morgan fingerprint density at radius 3 is 2.67 bits per heavy atom. The molecule has 2 heterocycles. The molecule has 0 aliphatic rings. The van der Waals surface area contributed by atoms with Crippen LogP contribution in [0.4, 0.5) is 0 Å². The number of aryl methyl sites for hydroxylation is 3. The van der Waals surface area contributed by atoms with E-state index in [1.807, 2.05) is 26.8 Å². The predicted octanol–water partition coefficient (Wildman–Crippen LogP) is 1.98. The average Bonchev–Trinajstić information content (AvgIpc) is 2.95. The zero-order valence-electron chi connectivity index (χ0n) is 15.0. The van der Waals surface area contributed by atoms with Gasteiger partial charge in [-0.05, 0) is 45.7 Å². The molecular formula is C17H25N5O2. The first-order chi connectivity index (χ1) is 11.4. The molecule has 2 rings (SSSR count). The second kappa shape index (κ2) is 7.42. The smallest absolute Gasteiger partial charge is 0.263 e. The molecule has 1 atom stereocenters. The Hall–Kier alpha value is -2.44. The Morgan fingerprint density at radius 2 is 2.04 bits per heavy atom. The fraction of sp³-hybridized carbons (Fsp3) is 0.529. The van der Waals surface area contributed by atoms with Crippen molar-refractivity contribution >= 4 is 5.91 Å². The minimum atomic E-state index is -0.377. The standard InChI is InChI=1S/C17H25N5O2/c1-6-8-22-15(18-10-19-22)13(5)20-16(23)14-11(3)9-12(4)21(7-2)17(14)24/h9-10,13H,6-8H2,1-5H3,(H,20,23)/t13-/m0/s1. The van der Waals surface area contributed by atoms with Gasteiger partial charge in [0, 0.05) is 18.8 Å². The summed E-state index contributed by atoms with van der Waals surface area (Å²) in [5.41, 5.74) is 1.47. The molecule has 0 radical (unpaired) electrons. The summed E-state index contributed by atoms with van der Waals surface area (Å²) in [7, 11) is 0. The summed E-state index contributed by atoms with van der Waals surface area (Å²) in [4.78, 5) is 29.5. The van der Waals surface area contributed by atoms with E-state index in [9.17, 15) is 9.59 Å². The van der Waals surface area contributed by atoms with Gasteiger partial charge in [-0.15, -0.1) is 0 Å². The van der Waals surface area contributed by atoms with Crippen molar-refractivity contribution in [3.63, 3.8) is 0 Å². The molecule has 0 aliphatic heterocycles. The van der Waals surface area contributed by atoms with Crippen molar-refractivity contribution in [2.45, 2.75) is 60.2 Å². The monoisotopic (exact) mass is 331 g/mol. The molecule has 1 N–H and O–H groups in total. The van der Waals surface area contributed by atoms with Gasteiger partial charge >= 0.3 is 0 Å². The fourth-order valence-electron chi connectivity index (χ4n) is 2.92. The summed E-state index contributed by atoms with van der Waals surface area (Å²) in [5.74, 6) is 0.309. The lowest BCUT2D eigenvalue weighted by molar-refractivity contribution is 0.0934. The van der Waals surface area contributed by atoms with Crippen LogP contribution in [0.15, 0.2) is 17.2 Å². The summed E-state index contributed by atoms with van der Waals surface area (Å²) >= 11 is 0. The van der Waals surface area contributed by atoms with E-state index in [4.69, 9.17) is 0 Å². The molecule has 130 valence electrons. The minimum absolute atomic E-state index is 0.191. The molecule has 24 heavy (non-hydrogen) atoms. The van der Waals surface area contributed by atoms with Crippen LogP contribution in [0, 0.1) is 13.8 Å². The van der Waals surface area contributed by atoms with Crippen LogP contribution in [0.2, 0.25) is 0 Å². The molecule has 7 nitrogen and oxygen atoms in total. The van der Waals surface area contributed by atoms with E-state index in [0.717, 1.165) is 18.7 Å². The van der Waals surface area contributed by atoms with E-state index in [1.165, 1.54) is 6.33 Å². The van der Waals surface area contributed by atoms with Crippen molar-refractivity contribution in [1.29, 1.82) is 0 Å². The zero-order chi connectivity index (χ0) is 17.9. The third-order valence-electron chi connectivity index (χ3n) is 4.06. The van der Waals surface area contributed by atoms with Crippen molar-refractivity contribution in [3.8, 4) is 0 Å². The van der Waals surface area contributed by atoms with Gasteiger partial charge < -0.3 is 9.88 Å². The Kier molecular flexibility index (Phi) is 5.54. The Morgan fingerprint density at radius 1 is 1.33 bits per heavy atom. The van der Waals surface area contributed by atoms with Crippen molar-refractivity contribution in [3.05, 3.63) is 45.4 Å². The summed E-state index contributed by atoms with van der Waals surface area (Å²) in [6.07, 6.45) is 2.41. The first-order valence-electron chi connectivity index (χ1n) is 8.30. The molecular weight excluding hydrogens is 306 g/mol. The van der Waals surface area contributed by atoms with Gasteiger partial charge in [-0.25, -0.2) is 9.67 Å². The highest BCUT2D eigenvalue weighted by Gasteiger charge is 2.21. The summed E-state index contributed by atoms with van der Waals surface area (Å²) in [6, 6.07) is 1.53. The van der Waals surface area contributed by atoms with E-state index < -0.39 is 0 Å². The third kappa shape index (κ3) is 3.39. The van der Waals surface area contributed by atoms with Crippen LogP contribution in [0.5, 0.6) is 0 Å². The first-order valence-corrected chi connectivity index (χ1v) is 8.30. The van der Waals surface area contributed by atoms with Gasteiger partial charge in [-0.3, -0.25) is 9.59 Å². The second-order valence-corrected chi connectivity index (χ2v) is 5.93. The van der Waals surface area contributed by atoms with Gasteiger partial charge in [0.05, 0.1) is 6.04 Å². The minimum Gasteiger partial charge on any atom is -0.342 e. The maximum absolute atomic E-state index is 12.7. The number of amides is 1. The first kappa shape index (κ1) is 17.9. The molecule has 0 saturated heterocycles. The molecule has 2 aromatic heterocycles. The molecule has 0 aromatic carbocycles. The zero-order valence-corrected chi connectivity index (χ0v) is 15.0. The van der Waals surface area contributed by atoms with Gasteiger partial charge in [0.1, 0.15) is 17.7 Å². The van der Waals surface area contributed by atoms with Crippen LogP contribution < -0.4 is 10.9 Å². The molecule has 0 unspecified atom stereocenters. The van der Waals surface area contributed by atoms with Crippen molar-refractivity contribution in [2.24, 2.45) is 0 Å². The number of carbonyl (C=O) groups is 1. The number of hydrogen-bond donors (Lipinski definition) is 1. The lowest BCUT2D eigenvalue weighted by Crippen LogP contribution is -2.36. The van der Waals surface area contributed by atoms with Crippen molar-refractivity contribution < 1.29 is 4.79 Å². The van der Waals surface area contributed by atoms with E-state index in [-0.39, 0.29) is 23.1 Å². The van der Waals surface area contributed by atoms with E-state index in [1.54, 1.807) is 16.2 Å². The number of rotatable bonds is 6. The van der Waals surface area contributed by atoms with Crippen LogP contribution in [0.25, 0.3) is 0 Å². The number of nitrogens with zero attached hydrogens (tertiary/aromatic N) is 4. The van der Waals surface area contributed by atoms with Crippen LogP contribution in [0.3, 0.4) is 0 Å². The molecule has 0 saturated carbocycles. The molecule has 1 amide bonds. The quantitative estimate of drug-likeness (QED) is 0.877. The molecule has 2 aromatic rings. The number of nitrogens with one attached hydrogen (secondary N) is 1. The lowest BCUT2D eigenvalue weighted by atomic mass is 10.1. The Balaban J connectivity index is 2.30. The maximum atomic E-state index is 12.7. The Bertz CT molecular complexity index is 791. The summed E-state index contributed by atoms with van der Waals surface area (Å²) in [6.45, 7) is 10.7. The third-order valence-corrected chi connectivity index (χ3v) is 4.06. The van der Waals surface area contributed by atoms with Crippen LogP contribution in [-0.2, 0) is 13.1 Å². The number of pyridine rings is 1. The highest BCUT2D eigenvalue weighted by Crippen LogP contribution is 2.12. The van der Waals surface area contributed by atoms with E-state index >= 15 is 0 Å². The number of aromatic nitrogens is 4. The van der Waals surface area contributed by atoms with Crippen molar-refractivity contribution in [1.82, 2.24) is 24.6 Å². The normalized spacial score (nSPS) is 12.2. The number of hydrogen-bond acceptors (Lipinski definition) is 4. The fourth-order valence-corrected chi connectivity index (χ4v) is 2.92. The van der Waals surface area contributed by atoms with Gasteiger partial charge in [-0.2, -0.15) is 5.10 Å². The molecule has 0 bridgehead atoms. The average molecular weight is 331 g/mol. The van der Waals surface area contributed by atoms with Crippen molar-refractivity contribution in [2.75, 3.05) is 0 Å². The highest BCUT2D eigenvalue weighted by molar-refractivity contribution is 5.95.